The van der Waals surface area contributed by atoms with Gasteiger partial charge >= 0.3 is 0 Å². The van der Waals surface area contributed by atoms with Crippen LogP contribution in [-0.2, 0) is 9.59 Å². The first-order valence-corrected chi connectivity index (χ1v) is 10.4. The molecule has 2 aliphatic heterocycles. The van der Waals surface area contributed by atoms with Crippen molar-refractivity contribution in [2.45, 2.75) is 51.1 Å². The third kappa shape index (κ3) is 4.95. The first-order valence-electron chi connectivity index (χ1n) is 10.4. The van der Waals surface area contributed by atoms with Crippen molar-refractivity contribution in [2.75, 3.05) is 31.6 Å². The summed E-state index contributed by atoms with van der Waals surface area (Å²) in [6.07, 6.45) is 5.76. The molecule has 0 spiro atoms. The summed E-state index contributed by atoms with van der Waals surface area (Å²) in [5, 5.41) is 6.37. The molecule has 7 nitrogen and oxygen atoms in total. The Kier molecular flexibility index (Phi) is 7.24. The van der Waals surface area contributed by atoms with E-state index in [1.54, 1.807) is 23.1 Å². The number of ether oxygens (including phenoxy) is 2. The normalized spacial score (nSPS) is 24.8. The smallest absolute Gasteiger partial charge is 0.243 e. The fraction of sp³-hybridized carbons (Fsp3) is 0.619. The Balaban J connectivity index is 0.00000240. The summed E-state index contributed by atoms with van der Waals surface area (Å²) >= 11 is 0. The van der Waals surface area contributed by atoms with Gasteiger partial charge in [-0.15, -0.1) is 12.4 Å². The highest BCUT2D eigenvalue weighted by Crippen LogP contribution is 2.34. The van der Waals surface area contributed by atoms with Crippen LogP contribution in [0.5, 0.6) is 11.5 Å². The number of carbonyl (C=O) groups is 2. The Morgan fingerprint density at radius 1 is 1.17 bits per heavy atom. The molecule has 2 N–H and O–H groups in total. The zero-order chi connectivity index (χ0) is 19.5. The van der Waals surface area contributed by atoms with E-state index in [0.717, 1.165) is 12.8 Å². The Morgan fingerprint density at radius 3 is 2.69 bits per heavy atom. The highest BCUT2D eigenvalue weighted by Gasteiger charge is 2.39. The summed E-state index contributed by atoms with van der Waals surface area (Å²) in [4.78, 5) is 27.1. The van der Waals surface area contributed by atoms with Gasteiger partial charge in [-0.2, -0.15) is 0 Å². The van der Waals surface area contributed by atoms with E-state index >= 15 is 0 Å². The molecule has 2 amide bonds. The molecule has 1 aromatic rings. The van der Waals surface area contributed by atoms with E-state index in [4.69, 9.17) is 9.47 Å². The highest BCUT2D eigenvalue weighted by molar-refractivity contribution is 5.95. The van der Waals surface area contributed by atoms with E-state index in [9.17, 15) is 9.59 Å². The molecule has 0 bridgehead atoms. The van der Waals surface area contributed by atoms with Crippen LogP contribution < -0.4 is 20.1 Å². The summed E-state index contributed by atoms with van der Waals surface area (Å²) in [7, 11) is 0. The summed E-state index contributed by atoms with van der Waals surface area (Å²) in [6, 6.07) is 5.64. The maximum atomic E-state index is 12.9. The fourth-order valence-corrected chi connectivity index (χ4v) is 4.57. The van der Waals surface area contributed by atoms with Crippen molar-refractivity contribution in [3.05, 3.63) is 18.2 Å². The van der Waals surface area contributed by atoms with Gasteiger partial charge in [-0.3, -0.25) is 9.59 Å². The molecule has 1 aromatic carbocycles. The quantitative estimate of drug-likeness (QED) is 0.760. The molecule has 0 aromatic heterocycles. The van der Waals surface area contributed by atoms with E-state index in [0.29, 0.717) is 48.9 Å². The zero-order valence-electron chi connectivity index (χ0n) is 16.8. The maximum Gasteiger partial charge on any atom is 0.243 e. The van der Waals surface area contributed by atoms with Crippen molar-refractivity contribution in [3.63, 3.8) is 0 Å². The largest absolute Gasteiger partial charge is 0.486 e. The summed E-state index contributed by atoms with van der Waals surface area (Å²) in [6.45, 7) is 3.51. The number of fused-ring (bicyclic) bond motifs is 2. The van der Waals surface area contributed by atoms with Crippen LogP contribution in [0.25, 0.3) is 0 Å². The standard InChI is InChI=1S/C21H29N3O4.ClH/c1-2-24(21(26)17-11-14-5-3-4-6-16(14)23-17)13-20(25)22-15-7-8-18-19(12-15)28-10-9-27-18;/h7-8,12,14,16-17,23H,2-6,9-11,13H2,1H3,(H,22,25);1H. The zero-order valence-corrected chi connectivity index (χ0v) is 17.6. The second-order valence-corrected chi connectivity index (χ2v) is 7.87. The van der Waals surface area contributed by atoms with Crippen LogP contribution in [0.4, 0.5) is 5.69 Å². The van der Waals surface area contributed by atoms with Crippen LogP contribution in [0.1, 0.15) is 39.0 Å². The van der Waals surface area contributed by atoms with E-state index in [2.05, 4.69) is 10.6 Å². The third-order valence-corrected chi connectivity index (χ3v) is 6.01. The van der Waals surface area contributed by atoms with Crippen LogP contribution in [0.3, 0.4) is 0 Å². The first-order chi connectivity index (χ1) is 13.6. The topological polar surface area (TPSA) is 79.9 Å². The lowest BCUT2D eigenvalue weighted by atomic mass is 9.85. The lowest BCUT2D eigenvalue weighted by Crippen LogP contribution is -2.47. The number of carbonyl (C=O) groups excluding carboxylic acids is 2. The number of nitrogens with zero attached hydrogens (tertiary/aromatic N) is 1. The van der Waals surface area contributed by atoms with E-state index in [-0.39, 0.29) is 36.8 Å². The molecule has 3 atom stereocenters. The number of amides is 2. The Morgan fingerprint density at radius 2 is 1.93 bits per heavy atom. The molecule has 8 heteroatoms. The van der Waals surface area contributed by atoms with Gasteiger partial charge < -0.3 is 25.0 Å². The monoisotopic (exact) mass is 423 g/mol. The molecule has 1 saturated heterocycles. The van der Waals surface area contributed by atoms with Gasteiger partial charge in [-0.05, 0) is 44.2 Å². The minimum Gasteiger partial charge on any atom is -0.486 e. The molecule has 0 radical (unpaired) electrons. The fourth-order valence-electron chi connectivity index (χ4n) is 4.57. The van der Waals surface area contributed by atoms with Crippen LogP contribution in [0.2, 0.25) is 0 Å². The third-order valence-electron chi connectivity index (χ3n) is 6.01. The number of hydrogen-bond donors (Lipinski definition) is 2. The summed E-state index contributed by atoms with van der Waals surface area (Å²) in [5.74, 6) is 1.75. The highest BCUT2D eigenvalue weighted by atomic mass is 35.5. The van der Waals surface area contributed by atoms with Crippen molar-refractivity contribution in [1.29, 1.82) is 0 Å². The molecule has 4 rings (SSSR count). The summed E-state index contributed by atoms with van der Waals surface area (Å²) in [5.41, 5.74) is 0.641. The molecule has 3 aliphatic rings. The van der Waals surface area contributed by atoms with Crippen LogP contribution in [0.15, 0.2) is 18.2 Å². The average molecular weight is 424 g/mol. The van der Waals surface area contributed by atoms with Gasteiger partial charge in [0, 0.05) is 24.3 Å². The second kappa shape index (κ2) is 9.67. The van der Waals surface area contributed by atoms with E-state index in [1.807, 2.05) is 6.92 Å². The van der Waals surface area contributed by atoms with Gasteiger partial charge in [-0.1, -0.05) is 12.8 Å². The molecule has 29 heavy (non-hydrogen) atoms. The Labute approximate surface area is 177 Å². The number of hydrogen-bond acceptors (Lipinski definition) is 5. The number of anilines is 1. The Hall–Kier alpha value is -1.99. The predicted octanol–water partition coefficient (Wildman–Crippen LogP) is 2.59. The van der Waals surface area contributed by atoms with Gasteiger partial charge in [0.25, 0.3) is 0 Å². The van der Waals surface area contributed by atoms with Gasteiger partial charge in [0.05, 0.1) is 12.6 Å². The first kappa shape index (κ1) is 21.7. The van der Waals surface area contributed by atoms with Crippen LogP contribution in [0, 0.1) is 5.92 Å². The maximum absolute atomic E-state index is 12.9. The lowest BCUT2D eigenvalue weighted by Gasteiger charge is -2.25. The van der Waals surface area contributed by atoms with Gasteiger partial charge in [0.2, 0.25) is 11.8 Å². The number of rotatable bonds is 5. The molecular formula is C21H30ClN3O4. The van der Waals surface area contributed by atoms with Crippen molar-refractivity contribution in [3.8, 4) is 11.5 Å². The number of likely N-dealkylation sites (N-methyl/N-ethyl adjacent to an activating group) is 1. The average Bonchev–Trinajstić information content (AvgIpc) is 3.15. The van der Waals surface area contributed by atoms with Gasteiger partial charge in [0.15, 0.2) is 11.5 Å². The second-order valence-electron chi connectivity index (χ2n) is 7.87. The molecule has 160 valence electrons. The molecule has 2 fully saturated rings. The minimum atomic E-state index is -0.206. The van der Waals surface area contributed by atoms with Crippen molar-refractivity contribution in [1.82, 2.24) is 10.2 Å². The van der Waals surface area contributed by atoms with Crippen molar-refractivity contribution in [2.24, 2.45) is 5.92 Å². The molecule has 1 saturated carbocycles. The van der Waals surface area contributed by atoms with Crippen molar-refractivity contribution < 1.29 is 19.1 Å². The predicted molar refractivity (Wildman–Crippen MR) is 113 cm³/mol. The van der Waals surface area contributed by atoms with Gasteiger partial charge in [0.1, 0.15) is 13.2 Å². The SMILES string of the molecule is CCN(CC(=O)Nc1ccc2c(c1)OCCO2)C(=O)C1CC2CCCCC2N1.Cl. The van der Waals surface area contributed by atoms with E-state index < -0.39 is 0 Å². The number of benzene rings is 1. The molecule has 2 heterocycles. The van der Waals surface area contributed by atoms with Crippen LogP contribution in [-0.4, -0.2) is 55.1 Å². The number of halogens is 1. The van der Waals surface area contributed by atoms with Crippen molar-refractivity contribution >= 4 is 29.9 Å². The van der Waals surface area contributed by atoms with Gasteiger partial charge in [-0.25, -0.2) is 0 Å². The number of nitrogens with one attached hydrogen (secondary N) is 2. The van der Waals surface area contributed by atoms with E-state index in [1.165, 1.54) is 19.3 Å². The minimum absolute atomic E-state index is 0. The molecule has 1 aliphatic carbocycles. The Bertz CT molecular complexity index is 731. The summed E-state index contributed by atoms with van der Waals surface area (Å²) < 4.78 is 11.0. The molecular weight excluding hydrogens is 394 g/mol. The molecule has 3 unspecified atom stereocenters. The van der Waals surface area contributed by atoms with Crippen LogP contribution >= 0.6 is 12.4 Å². The lowest BCUT2D eigenvalue weighted by molar-refractivity contribution is -0.136.